The van der Waals surface area contributed by atoms with Crippen LogP contribution in [-0.2, 0) is 4.79 Å². The minimum absolute atomic E-state index is 0.0814. The Morgan fingerprint density at radius 3 is 2.59 bits per heavy atom. The van der Waals surface area contributed by atoms with Crippen molar-refractivity contribution in [3.63, 3.8) is 0 Å². The second-order valence-corrected chi connectivity index (χ2v) is 7.69. The van der Waals surface area contributed by atoms with E-state index in [2.05, 4.69) is 5.32 Å². The lowest BCUT2D eigenvalue weighted by Gasteiger charge is -2.18. The van der Waals surface area contributed by atoms with E-state index in [4.69, 9.17) is 16.3 Å². The Hall–Kier alpha value is -2.17. The highest BCUT2D eigenvalue weighted by atomic mass is 35.5. The molecule has 1 amide bonds. The number of fused-ring (bicyclic) bond motifs is 1. The first-order valence-corrected chi connectivity index (χ1v) is 10.3. The number of thioether (sulfide) groups is 1. The van der Waals surface area contributed by atoms with E-state index in [1.807, 2.05) is 73.7 Å². The monoisotopic (exact) mass is 399 g/mol. The Balaban J connectivity index is 1.53. The first kappa shape index (κ1) is 19.6. The molecule has 0 fully saturated rings. The number of nitrogens with one attached hydrogen (secondary N) is 1. The number of benzene rings is 3. The third-order valence-electron chi connectivity index (χ3n) is 4.17. The molecule has 0 aliphatic heterocycles. The smallest absolute Gasteiger partial charge is 0.261 e. The van der Waals surface area contributed by atoms with Crippen LogP contribution >= 0.6 is 23.4 Å². The van der Waals surface area contributed by atoms with Gasteiger partial charge in [-0.2, -0.15) is 0 Å². The summed E-state index contributed by atoms with van der Waals surface area (Å²) < 4.78 is 6.03. The highest BCUT2D eigenvalue weighted by molar-refractivity contribution is 7.99. The molecule has 0 radical (unpaired) electrons. The van der Waals surface area contributed by atoms with Crippen LogP contribution in [0.4, 0.5) is 0 Å². The summed E-state index contributed by atoms with van der Waals surface area (Å²) in [6, 6.07) is 21.6. The summed E-state index contributed by atoms with van der Waals surface area (Å²) in [4.78, 5) is 13.6. The molecule has 27 heavy (non-hydrogen) atoms. The summed E-state index contributed by atoms with van der Waals surface area (Å²) in [6.45, 7) is 2.54. The molecule has 5 heteroatoms. The van der Waals surface area contributed by atoms with Gasteiger partial charge in [0.05, 0.1) is 0 Å². The zero-order valence-corrected chi connectivity index (χ0v) is 16.7. The minimum Gasteiger partial charge on any atom is -0.480 e. The van der Waals surface area contributed by atoms with Crippen LogP contribution in [-0.4, -0.2) is 24.3 Å². The maximum Gasteiger partial charge on any atom is 0.261 e. The van der Waals surface area contributed by atoms with E-state index < -0.39 is 6.10 Å². The Bertz CT molecular complexity index is 893. The topological polar surface area (TPSA) is 38.3 Å². The quantitative estimate of drug-likeness (QED) is 0.398. The maximum atomic E-state index is 12.5. The fraction of sp³-hybridized carbons (Fsp3) is 0.227. The molecule has 0 unspecified atom stereocenters. The van der Waals surface area contributed by atoms with Crippen LogP contribution in [0.5, 0.6) is 5.75 Å². The largest absolute Gasteiger partial charge is 0.480 e. The van der Waals surface area contributed by atoms with Gasteiger partial charge in [0, 0.05) is 27.6 Å². The van der Waals surface area contributed by atoms with Crippen molar-refractivity contribution in [3.05, 3.63) is 71.8 Å². The van der Waals surface area contributed by atoms with Crippen LogP contribution in [0.2, 0.25) is 5.02 Å². The maximum absolute atomic E-state index is 12.5. The van der Waals surface area contributed by atoms with Crippen molar-refractivity contribution in [2.45, 2.75) is 24.3 Å². The SMILES string of the molecule is CC[C@@H](Oc1cccc2ccccc12)C(=O)NCCSc1ccc(Cl)cc1. The first-order chi connectivity index (χ1) is 13.2. The summed E-state index contributed by atoms with van der Waals surface area (Å²) in [6.07, 6.45) is 0.107. The zero-order valence-electron chi connectivity index (χ0n) is 15.2. The second-order valence-electron chi connectivity index (χ2n) is 6.09. The normalized spacial score (nSPS) is 11.9. The van der Waals surface area contributed by atoms with Crippen molar-refractivity contribution in [3.8, 4) is 5.75 Å². The lowest BCUT2D eigenvalue weighted by molar-refractivity contribution is -0.127. The highest BCUT2D eigenvalue weighted by Crippen LogP contribution is 2.26. The molecule has 140 valence electrons. The van der Waals surface area contributed by atoms with Gasteiger partial charge in [-0.05, 0) is 42.1 Å². The van der Waals surface area contributed by atoms with E-state index in [0.29, 0.717) is 13.0 Å². The predicted octanol–water partition coefficient (Wildman–Crippen LogP) is 5.56. The number of halogens is 1. The van der Waals surface area contributed by atoms with Crippen LogP contribution in [0.25, 0.3) is 10.8 Å². The van der Waals surface area contributed by atoms with Crippen molar-refractivity contribution in [1.82, 2.24) is 5.32 Å². The van der Waals surface area contributed by atoms with E-state index in [-0.39, 0.29) is 5.91 Å². The van der Waals surface area contributed by atoms with Gasteiger partial charge >= 0.3 is 0 Å². The van der Waals surface area contributed by atoms with Crippen molar-refractivity contribution < 1.29 is 9.53 Å². The molecule has 0 aliphatic rings. The van der Waals surface area contributed by atoms with Crippen molar-refractivity contribution in [2.75, 3.05) is 12.3 Å². The fourth-order valence-corrected chi connectivity index (χ4v) is 3.66. The highest BCUT2D eigenvalue weighted by Gasteiger charge is 2.18. The number of carbonyl (C=O) groups excluding carboxylic acids is 1. The molecule has 1 atom stereocenters. The molecule has 3 aromatic carbocycles. The molecule has 0 saturated heterocycles. The molecule has 0 aliphatic carbocycles. The van der Waals surface area contributed by atoms with Gasteiger partial charge in [-0.1, -0.05) is 54.9 Å². The second kappa shape index (κ2) is 9.67. The summed E-state index contributed by atoms with van der Waals surface area (Å²) in [5.74, 6) is 1.45. The average molecular weight is 400 g/mol. The summed E-state index contributed by atoms with van der Waals surface area (Å²) in [5, 5.41) is 5.82. The van der Waals surface area contributed by atoms with Crippen molar-refractivity contribution >= 4 is 40.0 Å². The van der Waals surface area contributed by atoms with E-state index in [0.717, 1.165) is 32.2 Å². The molecule has 1 N–H and O–H groups in total. The van der Waals surface area contributed by atoms with Crippen molar-refractivity contribution in [2.24, 2.45) is 0 Å². The average Bonchev–Trinajstić information content (AvgIpc) is 2.70. The molecule has 3 aromatic rings. The van der Waals surface area contributed by atoms with E-state index >= 15 is 0 Å². The molecule has 0 bridgehead atoms. The minimum atomic E-state index is -0.503. The molecule has 0 spiro atoms. The first-order valence-electron chi connectivity index (χ1n) is 8.98. The Labute approximate surface area is 169 Å². The van der Waals surface area contributed by atoms with Gasteiger partial charge in [-0.15, -0.1) is 11.8 Å². The van der Waals surface area contributed by atoms with Gasteiger partial charge in [0.15, 0.2) is 6.10 Å². The number of amides is 1. The zero-order chi connectivity index (χ0) is 19.1. The lowest BCUT2D eigenvalue weighted by Crippen LogP contribution is -2.39. The van der Waals surface area contributed by atoms with E-state index in [1.54, 1.807) is 11.8 Å². The van der Waals surface area contributed by atoms with E-state index in [1.165, 1.54) is 0 Å². The third kappa shape index (κ3) is 5.41. The van der Waals surface area contributed by atoms with Crippen LogP contribution in [0.15, 0.2) is 71.6 Å². The number of rotatable bonds is 8. The van der Waals surface area contributed by atoms with Crippen LogP contribution in [0.1, 0.15) is 13.3 Å². The number of ether oxygens (including phenoxy) is 1. The lowest BCUT2D eigenvalue weighted by atomic mass is 10.1. The van der Waals surface area contributed by atoms with Crippen LogP contribution < -0.4 is 10.1 Å². The number of hydrogen-bond acceptors (Lipinski definition) is 3. The molecule has 0 aromatic heterocycles. The third-order valence-corrected chi connectivity index (χ3v) is 5.43. The molecule has 0 saturated carbocycles. The Kier molecular flexibility index (Phi) is 7.02. The van der Waals surface area contributed by atoms with Crippen LogP contribution in [0, 0.1) is 0 Å². The Morgan fingerprint density at radius 2 is 1.81 bits per heavy atom. The van der Waals surface area contributed by atoms with Gasteiger partial charge in [-0.3, -0.25) is 4.79 Å². The van der Waals surface area contributed by atoms with Gasteiger partial charge in [0.25, 0.3) is 5.91 Å². The predicted molar refractivity (Wildman–Crippen MR) is 114 cm³/mol. The molecular formula is C22H22ClNO2S. The molecular weight excluding hydrogens is 378 g/mol. The summed E-state index contributed by atoms with van der Waals surface area (Å²) >= 11 is 7.57. The molecule has 0 heterocycles. The van der Waals surface area contributed by atoms with Gasteiger partial charge in [0.1, 0.15) is 5.75 Å². The fourth-order valence-electron chi connectivity index (χ4n) is 2.76. The van der Waals surface area contributed by atoms with E-state index in [9.17, 15) is 4.79 Å². The van der Waals surface area contributed by atoms with Crippen molar-refractivity contribution in [1.29, 1.82) is 0 Å². The number of carbonyl (C=O) groups is 1. The molecule has 3 nitrogen and oxygen atoms in total. The van der Waals surface area contributed by atoms with Gasteiger partial charge in [0.2, 0.25) is 0 Å². The van der Waals surface area contributed by atoms with Gasteiger partial charge in [-0.25, -0.2) is 0 Å². The summed E-state index contributed by atoms with van der Waals surface area (Å²) in [7, 11) is 0. The standard InChI is InChI=1S/C22H22ClNO2S/c1-2-20(26-21-9-5-7-16-6-3-4-8-19(16)21)22(25)24-14-15-27-18-12-10-17(23)11-13-18/h3-13,20H,2,14-15H2,1H3,(H,24,25)/t20-/m1/s1. The molecule has 3 rings (SSSR count). The Morgan fingerprint density at radius 1 is 1.07 bits per heavy atom. The number of hydrogen-bond donors (Lipinski definition) is 1. The summed E-state index contributed by atoms with van der Waals surface area (Å²) in [5.41, 5.74) is 0. The van der Waals surface area contributed by atoms with Crippen LogP contribution in [0.3, 0.4) is 0 Å². The van der Waals surface area contributed by atoms with Gasteiger partial charge < -0.3 is 10.1 Å².